The van der Waals surface area contributed by atoms with Crippen LogP contribution in [-0.4, -0.2) is 11.1 Å². The Morgan fingerprint density at radius 3 is 2.60 bits per heavy atom. The monoisotopic (exact) mass is 268 g/mol. The molecule has 0 radical (unpaired) electrons. The molecule has 0 spiro atoms. The van der Waals surface area contributed by atoms with Crippen LogP contribution in [0.2, 0.25) is 0 Å². The summed E-state index contributed by atoms with van der Waals surface area (Å²) in [5, 5.41) is 9.73. The minimum absolute atomic E-state index is 0.305. The van der Waals surface area contributed by atoms with Gasteiger partial charge in [0.05, 0.1) is 5.56 Å². The van der Waals surface area contributed by atoms with Gasteiger partial charge in [-0.05, 0) is 23.6 Å². The van der Waals surface area contributed by atoms with E-state index in [1.165, 1.54) is 6.07 Å². The first-order valence-electron chi connectivity index (χ1n) is 4.20. The Kier molecular flexibility index (Phi) is 2.44. The second kappa shape index (κ2) is 3.62. The zero-order valence-corrected chi connectivity index (χ0v) is 9.08. The number of carboxylic acid groups (broad SMARTS) is 1. The molecule has 0 bridgehead atoms. The Balaban J connectivity index is 2.82. The van der Waals surface area contributed by atoms with E-state index in [9.17, 15) is 9.18 Å². The van der Waals surface area contributed by atoms with Crippen molar-refractivity contribution in [2.45, 2.75) is 0 Å². The number of fused-ring (bicyclic) bond motifs is 1. The molecular weight excluding hydrogens is 263 g/mol. The second-order valence-electron chi connectivity index (χ2n) is 3.10. The summed E-state index contributed by atoms with van der Waals surface area (Å²) in [5.41, 5.74) is -0.305. The predicted molar refractivity (Wildman–Crippen MR) is 58.6 cm³/mol. The standard InChI is InChI=1S/C11H6BrFO2/c12-7-3-1-6-2-4-8(11(14)15)10(13)9(6)5-7/h1-5H,(H,14,15). The molecule has 0 heterocycles. The smallest absolute Gasteiger partial charge is 0.338 e. The van der Waals surface area contributed by atoms with Gasteiger partial charge in [-0.1, -0.05) is 28.1 Å². The van der Waals surface area contributed by atoms with Crippen molar-refractivity contribution in [1.29, 1.82) is 0 Å². The lowest BCUT2D eigenvalue weighted by molar-refractivity contribution is 0.0692. The van der Waals surface area contributed by atoms with Crippen LogP contribution in [0.4, 0.5) is 4.39 Å². The maximum Gasteiger partial charge on any atom is 0.338 e. The summed E-state index contributed by atoms with van der Waals surface area (Å²) >= 11 is 3.21. The Morgan fingerprint density at radius 2 is 1.93 bits per heavy atom. The molecular formula is C11H6BrFO2. The van der Waals surface area contributed by atoms with Gasteiger partial charge in [0.15, 0.2) is 0 Å². The Hall–Kier alpha value is -1.42. The molecule has 0 aliphatic rings. The average Bonchev–Trinajstić information content (AvgIpc) is 2.19. The second-order valence-corrected chi connectivity index (χ2v) is 4.01. The van der Waals surface area contributed by atoms with Gasteiger partial charge in [0.25, 0.3) is 0 Å². The van der Waals surface area contributed by atoms with Crippen molar-refractivity contribution in [1.82, 2.24) is 0 Å². The van der Waals surface area contributed by atoms with Crippen molar-refractivity contribution < 1.29 is 14.3 Å². The van der Waals surface area contributed by atoms with Gasteiger partial charge in [-0.25, -0.2) is 9.18 Å². The molecule has 15 heavy (non-hydrogen) atoms. The van der Waals surface area contributed by atoms with Crippen molar-refractivity contribution >= 4 is 32.7 Å². The molecule has 0 aromatic heterocycles. The number of hydrogen-bond acceptors (Lipinski definition) is 1. The van der Waals surface area contributed by atoms with E-state index < -0.39 is 11.8 Å². The van der Waals surface area contributed by atoms with Crippen LogP contribution in [0.5, 0.6) is 0 Å². The lowest BCUT2D eigenvalue weighted by Crippen LogP contribution is -2.00. The van der Waals surface area contributed by atoms with E-state index in [0.717, 1.165) is 4.47 Å². The summed E-state index contributed by atoms with van der Waals surface area (Å²) in [7, 11) is 0. The molecule has 4 heteroatoms. The fraction of sp³-hybridized carbons (Fsp3) is 0. The SMILES string of the molecule is O=C(O)c1ccc2ccc(Br)cc2c1F. The van der Waals surface area contributed by atoms with Crippen molar-refractivity contribution in [3.63, 3.8) is 0 Å². The quantitative estimate of drug-likeness (QED) is 0.861. The van der Waals surface area contributed by atoms with Crippen LogP contribution in [0.3, 0.4) is 0 Å². The lowest BCUT2D eigenvalue weighted by Gasteiger charge is -2.03. The van der Waals surface area contributed by atoms with E-state index in [2.05, 4.69) is 15.9 Å². The zero-order chi connectivity index (χ0) is 11.0. The van der Waals surface area contributed by atoms with Gasteiger partial charge in [0.1, 0.15) is 5.82 Å². The highest BCUT2D eigenvalue weighted by Crippen LogP contribution is 2.24. The molecule has 2 aromatic carbocycles. The summed E-state index contributed by atoms with van der Waals surface area (Å²) in [5.74, 6) is -1.95. The van der Waals surface area contributed by atoms with Gasteiger partial charge >= 0.3 is 5.97 Å². The van der Waals surface area contributed by atoms with Crippen LogP contribution < -0.4 is 0 Å². The van der Waals surface area contributed by atoms with E-state index in [-0.39, 0.29) is 5.56 Å². The van der Waals surface area contributed by atoms with E-state index in [1.807, 2.05) is 0 Å². The highest BCUT2D eigenvalue weighted by Gasteiger charge is 2.12. The number of carboxylic acids is 1. The van der Waals surface area contributed by atoms with Crippen LogP contribution in [0.15, 0.2) is 34.8 Å². The number of rotatable bonds is 1. The summed E-state index contributed by atoms with van der Waals surface area (Å²) in [4.78, 5) is 10.7. The van der Waals surface area contributed by atoms with Crippen LogP contribution in [0.25, 0.3) is 10.8 Å². The molecule has 0 aliphatic carbocycles. The topological polar surface area (TPSA) is 37.3 Å². The van der Waals surface area contributed by atoms with Gasteiger partial charge in [-0.2, -0.15) is 0 Å². The molecule has 2 aromatic rings. The van der Waals surface area contributed by atoms with E-state index in [1.54, 1.807) is 24.3 Å². The highest BCUT2D eigenvalue weighted by molar-refractivity contribution is 9.10. The highest BCUT2D eigenvalue weighted by atomic mass is 79.9. The third kappa shape index (κ3) is 1.72. The molecule has 0 aliphatic heterocycles. The first kappa shape index (κ1) is 10.1. The number of benzene rings is 2. The molecule has 0 atom stereocenters. The van der Waals surface area contributed by atoms with Crippen LogP contribution >= 0.6 is 15.9 Å². The Morgan fingerprint density at radius 1 is 1.27 bits per heavy atom. The maximum absolute atomic E-state index is 13.7. The van der Waals surface area contributed by atoms with Crippen LogP contribution in [0, 0.1) is 5.82 Å². The van der Waals surface area contributed by atoms with E-state index in [4.69, 9.17) is 5.11 Å². The molecule has 0 fully saturated rings. The predicted octanol–water partition coefficient (Wildman–Crippen LogP) is 3.44. The summed E-state index contributed by atoms with van der Waals surface area (Å²) in [6, 6.07) is 7.94. The summed E-state index contributed by atoms with van der Waals surface area (Å²) < 4.78 is 14.4. The zero-order valence-electron chi connectivity index (χ0n) is 7.50. The Labute approximate surface area is 93.5 Å². The van der Waals surface area contributed by atoms with Gasteiger partial charge < -0.3 is 5.11 Å². The number of carbonyl (C=O) groups is 1. The first-order chi connectivity index (χ1) is 7.09. The van der Waals surface area contributed by atoms with Crippen LogP contribution in [0.1, 0.15) is 10.4 Å². The molecule has 76 valence electrons. The normalized spacial score (nSPS) is 10.5. The maximum atomic E-state index is 13.7. The van der Waals surface area contributed by atoms with Crippen molar-refractivity contribution in [3.05, 3.63) is 46.2 Å². The molecule has 0 saturated heterocycles. The summed E-state index contributed by atoms with van der Waals surface area (Å²) in [6.45, 7) is 0. The lowest BCUT2D eigenvalue weighted by atomic mass is 10.1. The Bertz CT molecular complexity index is 552. The largest absolute Gasteiger partial charge is 0.478 e. The summed E-state index contributed by atoms with van der Waals surface area (Å²) in [6.07, 6.45) is 0. The minimum atomic E-state index is -1.26. The first-order valence-corrected chi connectivity index (χ1v) is 5.00. The molecule has 2 rings (SSSR count). The molecule has 0 amide bonds. The number of halogens is 2. The van der Waals surface area contributed by atoms with Crippen LogP contribution in [-0.2, 0) is 0 Å². The molecule has 0 unspecified atom stereocenters. The van der Waals surface area contributed by atoms with Gasteiger partial charge in [-0.15, -0.1) is 0 Å². The third-order valence-electron chi connectivity index (χ3n) is 2.15. The average molecular weight is 269 g/mol. The number of hydrogen-bond donors (Lipinski definition) is 1. The molecule has 0 saturated carbocycles. The van der Waals surface area contributed by atoms with Gasteiger partial charge in [-0.3, -0.25) is 0 Å². The van der Waals surface area contributed by atoms with Gasteiger partial charge in [0, 0.05) is 9.86 Å². The molecule has 1 N–H and O–H groups in total. The van der Waals surface area contributed by atoms with E-state index in [0.29, 0.717) is 10.8 Å². The molecule has 2 nitrogen and oxygen atoms in total. The van der Waals surface area contributed by atoms with Crippen molar-refractivity contribution in [2.75, 3.05) is 0 Å². The fourth-order valence-corrected chi connectivity index (χ4v) is 1.78. The van der Waals surface area contributed by atoms with E-state index >= 15 is 0 Å². The van der Waals surface area contributed by atoms with Crippen molar-refractivity contribution in [3.8, 4) is 0 Å². The van der Waals surface area contributed by atoms with Crippen molar-refractivity contribution in [2.24, 2.45) is 0 Å². The minimum Gasteiger partial charge on any atom is -0.478 e. The fourth-order valence-electron chi connectivity index (χ4n) is 1.42. The third-order valence-corrected chi connectivity index (χ3v) is 2.64. The van der Waals surface area contributed by atoms with Gasteiger partial charge in [0.2, 0.25) is 0 Å². The number of aromatic carboxylic acids is 1.